The van der Waals surface area contributed by atoms with Gasteiger partial charge in [-0.2, -0.15) is 0 Å². The van der Waals surface area contributed by atoms with Crippen molar-refractivity contribution < 1.29 is 0 Å². The Labute approximate surface area is 108 Å². The third kappa shape index (κ3) is 2.57. The van der Waals surface area contributed by atoms with Crippen LogP contribution in [-0.2, 0) is 0 Å². The summed E-state index contributed by atoms with van der Waals surface area (Å²) < 4.78 is 0. The lowest BCUT2D eigenvalue weighted by molar-refractivity contribution is 0.350. The van der Waals surface area contributed by atoms with Crippen molar-refractivity contribution in [3.8, 4) is 0 Å². The van der Waals surface area contributed by atoms with Crippen molar-refractivity contribution in [2.75, 3.05) is 5.32 Å². The van der Waals surface area contributed by atoms with E-state index in [-0.39, 0.29) is 0 Å². The summed E-state index contributed by atoms with van der Waals surface area (Å²) in [5.74, 6) is 0. The van der Waals surface area contributed by atoms with E-state index in [1.165, 1.54) is 19.3 Å². The number of aromatic nitrogens is 1. The highest BCUT2D eigenvalue weighted by Gasteiger charge is 2.34. The summed E-state index contributed by atoms with van der Waals surface area (Å²) in [5, 5.41) is 3.55. The number of rotatable bonds is 3. The Morgan fingerprint density at radius 2 is 2.35 bits per heavy atom. The zero-order valence-electron chi connectivity index (χ0n) is 10.4. The third-order valence-electron chi connectivity index (χ3n) is 3.67. The molecule has 0 amide bonds. The topological polar surface area (TPSA) is 50.9 Å². The first-order valence-electron chi connectivity index (χ1n) is 6.01. The summed E-state index contributed by atoms with van der Waals surface area (Å²) in [6.45, 7) is 4.60. The van der Waals surface area contributed by atoms with Crippen LogP contribution in [0.5, 0.6) is 0 Å². The fraction of sp³-hybridized carbons (Fsp3) is 0.538. The minimum absolute atomic E-state index is 0.323. The van der Waals surface area contributed by atoms with Gasteiger partial charge in [-0.3, -0.25) is 4.98 Å². The molecule has 3 N–H and O–H groups in total. The third-order valence-corrected chi connectivity index (χ3v) is 3.89. The molecule has 17 heavy (non-hydrogen) atoms. The zero-order valence-corrected chi connectivity index (χ0v) is 11.2. The highest BCUT2D eigenvalue weighted by molar-refractivity contribution is 7.80. The smallest absolute Gasteiger partial charge is 0.106 e. The van der Waals surface area contributed by atoms with E-state index in [2.05, 4.69) is 24.1 Å². The minimum atomic E-state index is 0.323. The molecule has 1 aromatic heterocycles. The molecule has 92 valence electrons. The van der Waals surface area contributed by atoms with Crippen LogP contribution in [0.1, 0.15) is 38.7 Å². The van der Waals surface area contributed by atoms with Gasteiger partial charge in [0, 0.05) is 17.8 Å². The van der Waals surface area contributed by atoms with E-state index in [4.69, 9.17) is 18.0 Å². The molecule has 1 saturated carbocycles. The van der Waals surface area contributed by atoms with Gasteiger partial charge in [0.1, 0.15) is 4.99 Å². The first-order valence-corrected chi connectivity index (χ1v) is 6.42. The molecule has 1 aliphatic carbocycles. The molecular formula is C13H19N3S. The van der Waals surface area contributed by atoms with Gasteiger partial charge in [0.2, 0.25) is 0 Å². The van der Waals surface area contributed by atoms with Gasteiger partial charge in [-0.15, -0.1) is 0 Å². The van der Waals surface area contributed by atoms with Gasteiger partial charge in [0.05, 0.1) is 11.9 Å². The fourth-order valence-electron chi connectivity index (χ4n) is 2.51. The van der Waals surface area contributed by atoms with Crippen molar-refractivity contribution in [3.05, 3.63) is 24.0 Å². The Morgan fingerprint density at radius 1 is 1.59 bits per heavy atom. The molecule has 2 rings (SSSR count). The number of nitrogens with one attached hydrogen (secondary N) is 1. The van der Waals surface area contributed by atoms with Gasteiger partial charge in [0.15, 0.2) is 0 Å². The Morgan fingerprint density at radius 3 is 2.94 bits per heavy atom. The molecule has 1 fully saturated rings. The molecule has 0 bridgehead atoms. The first-order chi connectivity index (χ1) is 8.00. The lowest BCUT2D eigenvalue weighted by Gasteiger charge is -2.29. The second-order valence-corrected chi connectivity index (χ2v) is 5.80. The Balaban J connectivity index is 2.21. The Bertz CT molecular complexity index is 428. The molecule has 4 heteroatoms. The first kappa shape index (κ1) is 12.3. The SMILES string of the molecule is CC1(C)CCCC1Nc1cnccc1C(N)=S. The summed E-state index contributed by atoms with van der Waals surface area (Å²) in [4.78, 5) is 4.56. The van der Waals surface area contributed by atoms with Crippen molar-refractivity contribution >= 4 is 22.9 Å². The van der Waals surface area contributed by atoms with Crippen molar-refractivity contribution in [1.82, 2.24) is 4.98 Å². The summed E-state index contributed by atoms with van der Waals surface area (Å²) in [6, 6.07) is 2.34. The number of hydrogen-bond donors (Lipinski definition) is 2. The second-order valence-electron chi connectivity index (χ2n) is 5.36. The molecule has 1 aliphatic rings. The number of anilines is 1. The highest BCUT2D eigenvalue weighted by Crippen LogP contribution is 2.39. The van der Waals surface area contributed by atoms with Gasteiger partial charge in [-0.25, -0.2) is 0 Å². The molecule has 1 heterocycles. The minimum Gasteiger partial charge on any atom is -0.389 e. The van der Waals surface area contributed by atoms with E-state index in [1.54, 1.807) is 6.20 Å². The van der Waals surface area contributed by atoms with Crippen molar-refractivity contribution in [2.45, 2.75) is 39.2 Å². The summed E-state index contributed by atoms with van der Waals surface area (Å²) in [5.41, 5.74) is 7.89. The Hall–Kier alpha value is -1.16. The van der Waals surface area contributed by atoms with Crippen LogP contribution in [0, 0.1) is 5.41 Å². The predicted octanol–water partition coefficient (Wildman–Crippen LogP) is 2.71. The van der Waals surface area contributed by atoms with Crippen LogP contribution in [-0.4, -0.2) is 16.0 Å². The molecule has 1 aromatic rings. The number of hydrogen-bond acceptors (Lipinski definition) is 3. The monoisotopic (exact) mass is 249 g/mol. The van der Waals surface area contributed by atoms with Crippen LogP contribution >= 0.6 is 12.2 Å². The Kier molecular flexibility index (Phi) is 3.33. The van der Waals surface area contributed by atoms with Crippen molar-refractivity contribution in [3.63, 3.8) is 0 Å². The molecule has 0 aromatic carbocycles. The quantitative estimate of drug-likeness (QED) is 0.809. The molecule has 0 spiro atoms. The van der Waals surface area contributed by atoms with E-state index in [0.29, 0.717) is 16.4 Å². The summed E-state index contributed by atoms with van der Waals surface area (Å²) in [7, 11) is 0. The molecule has 0 aliphatic heterocycles. The van der Waals surface area contributed by atoms with E-state index >= 15 is 0 Å². The molecule has 3 nitrogen and oxygen atoms in total. The van der Waals surface area contributed by atoms with Crippen LogP contribution in [0.2, 0.25) is 0 Å². The molecular weight excluding hydrogens is 230 g/mol. The summed E-state index contributed by atoms with van der Waals surface area (Å²) in [6.07, 6.45) is 7.25. The van der Waals surface area contributed by atoms with E-state index in [1.807, 2.05) is 12.3 Å². The maximum Gasteiger partial charge on any atom is 0.106 e. The van der Waals surface area contributed by atoms with E-state index in [9.17, 15) is 0 Å². The molecule has 1 atom stereocenters. The van der Waals surface area contributed by atoms with Crippen LogP contribution in [0.25, 0.3) is 0 Å². The van der Waals surface area contributed by atoms with Gasteiger partial charge < -0.3 is 11.1 Å². The lowest BCUT2D eigenvalue weighted by Crippen LogP contribution is -2.31. The standard InChI is InChI=1S/C13H19N3S/c1-13(2)6-3-4-11(13)16-10-8-15-7-5-9(10)12(14)17/h5,7-8,11,16H,3-4,6H2,1-2H3,(H2,14,17). The molecule has 0 saturated heterocycles. The second kappa shape index (κ2) is 4.61. The maximum atomic E-state index is 5.72. The van der Waals surface area contributed by atoms with Gasteiger partial charge in [-0.1, -0.05) is 32.5 Å². The average Bonchev–Trinajstić information content (AvgIpc) is 2.59. The number of nitrogens with zero attached hydrogens (tertiary/aromatic N) is 1. The maximum absolute atomic E-state index is 5.72. The van der Waals surface area contributed by atoms with Crippen LogP contribution in [0.3, 0.4) is 0 Å². The predicted molar refractivity (Wildman–Crippen MR) is 75.2 cm³/mol. The van der Waals surface area contributed by atoms with Gasteiger partial charge >= 0.3 is 0 Å². The number of thiocarbonyl (C=S) groups is 1. The summed E-state index contributed by atoms with van der Waals surface area (Å²) >= 11 is 5.06. The van der Waals surface area contributed by atoms with Crippen LogP contribution < -0.4 is 11.1 Å². The van der Waals surface area contributed by atoms with E-state index < -0.39 is 0 Å². The largest absolute Gasteiger partial charge is 0.389 e. The van der Waals surface area contributed by atoms with Crippen LogP contribution in [0.15, 0.2) is 18.5 Å². The normalized spacial score (nSPS) is 22.4. The molecule has 1 unspecified atom stereocenters. The lowest BCUT2D eigenvalue weighted by atomic mass is 9.87. The van der Waals surface area contributed by atoms with Crippen LogP contribution in [0.4, 0.5) is 5.69 Å². The molecule has 0 radical (unpaired) electrons. The average molecular weight is 249 g/mol. The van der Waals surface area contributed by atoms with Gasteiger partial charge in [0.25, 0.3) is 0 Å². The zero-order chi connectivity index (χ0) is 12.5. The highest BCUT2D eigenvalue weighted by atomic mass is 32.1. The van der Waals surface area contributed by atoms with Crippen molar-refractivity contribution in [1.29, 1.82) is 0 Å². The fourth-order valence-corrected chi connectivity index (χ4v) is 2.68. The van der Waals surface area contributed by atoms with E-state index in [0.717, 1.165) is 11.3 Å². The van der Waals surface area contributed by atoms with Gasteiger partial charge in [-0.05, 0) is 24.3 Å². The number of pyridine rings is 1. The number of nitrogens with two attached hydrogens (primary N) is 1. The van der Waals surface area contributed by atoms with Crippen molar-refractivity contribution in [2.24, 2.45) is 11.1 Å².